The molecule has 158 valence electrons. The molecule has 2 bridgehead atoms. The first-order chi connectivity index (χ1) is 13.9. The fraction of sp³-hybridized carbons (Fsp3) is 0.667. The van der Waals surface area contributed by atoms with Crippen molar-refractivity contribution in [1.82, 2.24) is 10.0 Å². The molecule has 0 radical (unpaired) electrons. The van der Waals surface area contributed by atoms with Gasteiger partial charge in [0.25, 0.3) is 5.91 Å². The van der Waals surface area contributed by atoms with Gasteiger partial charge in [-0.3, -0.25) is 4.79 Å². The first-order valence-corrected chi connectivity index (χ1v) is 12.2. The summed E-state index contributed by atoms with van der Waals surface area (Å²) in [5.41, 5.74) is 0.598. The van der Waals surface area contributed by atoms with Crippen LogP contribution in [0.4, 0.5) is 4.39 Å². The second-order valence-corrected chi connectivity index (χ2v) is 11.1. The van der Waals surface area contributed by atoms with E-state index in [-0.39, 0.29) is 11.5 Å². The topological polar surface area (TPSA) is 84.5 Å². The molecule has 0 aromatic heterocycles. The van der Waals surface area contributed by atoms with E-state index in [0.29, 0.717) is 43.2 Å². The van der Waals surface area contributed by atoms with Crippen molar-refractivity contribution in [2.45, 2.75) is 74.6 Å². The Morgan fingerprint density at radius 1 is 1.10 bits per heavy atom. The second kappa shape index (κ2) is 7.23. The van der Waals surface area contributed by atoms with Gasteiger partial charge in [0.2, 0.25) is 10.0 Å². The predicted molar refractivity (Wildman–Crippen MR) is 106 cm³/mol. The minimum Gasteiger partial charge on any atom is -0.493 e. The summed E-state index contributed by atoms with van der Waals surface area (Å²) in [4.78, 5) is 12.4. The predicted octanol–water partition coefficient (Wildman–Crippen LogP) is 2.83. The quantitative estimate of drug-likeness (QED) is 0.706. The zero-order valence-electron chi connectivity index (χ0n) is 16.3. The Kier molecular flexibility index (Phi) is 4.81. The highest BCUT2D eigenvalue weighted by atomic mass is 32.2. The van der Waals surface area contributed by atoms with Gasteiger partial charge in [-0.2, -0.15) is 0 Å². The molecule has 8 heteroatoms. The van der Waals surface area contributed by atoms with Crippen LogP contribution in [0, 0.1) is 11.7 Å². The number of fused-ring (bicyclic) bond motifs is 2. The van der Waals surface area contributed by atoms with E-state index in [1.807, 2.05) is 4.72 Å². The lowest BCUT2D eigenvalue weighted by molar-refractivity contribution is 0.0977. The van der Waals surface area contributed by atoms with E-state index < -0.39 is 27.0 Å². The van der Waals surface area contributed by atoms with Gasteiger partial charge in [-0.15, -0.1) is 0 Å². The number of hydrogen-bond donors (Lipinski definition) is 2. The van der Waals surface area contributed by atoms with Gasteiger partial charge in [0.1, 0.15) is 11.6 Å². The molecule has 2 saturated carbocycles. The zero-order chi connectivity index (χ0) is 20.2. The largest absolute Gasteiger partial charge is 0.493 e. The maximum absolute atomic E-state index is 14.7. The van der Waals surface area contributed by atoms with Crippen molar-refractivity contribution >= 4 is 15.9 Å². The lowest BCUT2D eigenvalue weighted by Crippen LogP contribution is -2.39. The van der Waals surface area contributed by atoms with Crippen LogP contribution in [0.25, 0.3) is 0 Å². The third kappa shape index (κ3) is 4.14. The highest BCUT2D eigenvalue weighted by molar-refractivity contribution is 7.91. The Morgan fingerprint density at radius 2 is 1.79 bits per heavy atom. The number of sulfonamides is 1. The summed E-state index contributed by atoms with van der Waals surface area (Å²) in [6.45, 7) is 0.551. The molecule has 0 unspecified atom stereocenters. The van der Waals surface area contributed by atoms with Crippen molar-refractivity contribution in [1.29, 1.82) is 0 Å². The van der Waals surface area contributed by atoms with Gasteiger partial charge >= 0.3 is 0 Å². The van der Waals surface area contributed by atoms with Crippen molar-refractivity contribution in [2.75, 3.05) is 6.61 Å². The Hall–Kier alpha value is -1.67. The van der Waals surface area contributed by atoms with Gasteiger partial charge in [-0.25, -0.2) is 17.5 Å². The fourth-order valence-corrected chi connectivity index (χ4v) is 6.04. The summed E-state index contributed by atoms with van der Waals surface area (Å²) in [6.07, 6.45) is 7.64. The molecule has 3 atom stereocenters. The Bertz CT molecular complexity index is 915. The van der Waals surface area contributed by atoms with Crippen LogP contribution in [0.2, 0.25) is 0 Å². The maximum Gasteiger partial charge on any atom is 0.267 e. The van der Waals surface area contributed by atoms with Crippen LogP contribution in [0.5, 0.6) is 5.75 Å². The molecule has 2 heterocycles. The van der Waals surface area contributed by atoms with E-state index in [2.05, 4.69) is 5.32 Å². The van der Waals surface area contributed by atoms with Crippen molar-refractivity contribution in [3.8, 4) is 5.75 Å². The SMILES string of the molecule is O=C(NS(=O)(=O)C1CC1)c1cc(C2CC2)c(OC[C@H]2C[C@H]3CC[C@@H](C2)N3)cc1F. The normalized spacial score (nSPS) is 28.9. The second-order valence-electron chi connectivity index (χ2n) is 9.11. The maximum atomic E-state index is 14.7. The van der Waals surface area contributed by atoms with Gasteiger partial charge in [-0.1, -0.05) is 0 Å². The first-order valence-electron chi connectivity index (χ1n) is 10.7. The summed E-state index contributed by atoms with van der Waals surface area (Å²) < 4.78 is 46.9. The molecule has 2 aliphatic carbocycles. The van der Waals surface area contributed by atoms with Crippen LogP contribution >= 0.6 is 0 Å². The van der Waals surface area contributed by atoms with Gasteiger partial charge in [0, 0.05) is 18.2 Å². The van der Waals surface area contributed by atoms with Crippen LogP contribution < -0.4 is 14.8 Å². The Labute approximate surface area is 170 Å². The van der Waals surface area contributed by atoms with Crippen molar-refractivity contribution in [3.05, 3.63) is 29.1 Å². The van der Waals surface area contributed by atoms with Crippen LogP contribution in [0.3, 0.4) is 0 Å². The minimum absolute atomic E-state index is 0.219. The van der Waals surface area contributed by atoms with E-state index in [1.165, 1.54) is 25.0 Å². The van der Waals surface area contributed by atoms with E-state index in [1.54, 1.807) is 0 Å². The molecule has 2 saturated heterocycles. The number of benzene rings is 1. The summed E-state index contributed by atoms with van der Waals surface area (Å²) in [6, 6.07) is 3.90. The number of carbonyl (C=O) groups is 1. The number of piperidine rings is 1. The molecule has 1 amide bonds. The number of nitrogens with one attached hydrogen (secondary N) is 2. The lowest BCUT2D eigenvalue weighted by atomic mass is 9.93. The van der Waals surface area contributed by atoms with Crippen molar-refractivity contribution in [3.63, 3.8) is 0 Å². The molecule has 4 aliphatic rings. The molecule has 1 aromatic rings. The van der Waals surface area contributed by atoms with Gasteiger partial charge in [0.15, 0.2) is 0 Å². The van der Waals surface area contributed by atoms with Crippen molar-refractivity contribution < 1.29 is 22.3 Å². The molecule has 5 rings (SSSR count). The fourth-order valence-electron chi connectivity index (χ4n) is 4.75. The standard InChI is InChI=1S/C21H27FN2O4S/c22-19-10-20(28-11-12-7-14-3-4-15(8-12)23-14)17(13-1-2-13)9-18(19)21(25)24-29(26,27)16-5-6-16/h9-10,12-16,23H,1-8,11H2,(H,24,25)/t12-,14+,15-. The molecular weight excluding hydrogens is 395 g/mol. The number of halogens is 1. The average molecular weight is 423 g/mol. The molecule has 2 N–H and O–H groups in total. The van der Waals surface area contributed by atoms with Crippen LogP contribution in [-0.4, -0.2) is 38.3 Å². The molecule has 4 fully saturated rings. The monoisotopic (exact) mass is 422 g/mol. The highest BCUT2D eigenvalue weighted by Gasteiger charge is 2.38. The Morgan fingerprint density at radius 3 is 2.41 bits per heavy atom. The average Bonchev–Trinajstić information content (AvgIpc) is 3.57. The molecule has 29 heavy (non-hydrogen) atoms. The third-order valence-electron chi connectivity index (χ3n) is 6.60. The molecule has 6 nitrogen and oxygen atoms in total. The van der Waals surface area contributed by atoms with E-state index in [9.17, 15) is 17.6 Å². The Balaban J connectivity index is 1.32. The minimum atomic E-state index is -3.71. The van der Waals surface area contributed by atoms with Gasteiger partial charge in [-0.05, 0) is 74.8 Å². The summed E-state index contributed by atoms with van der Waals surface area (Å²) in [7, 11) is -3.71. The zero-order valence-corrected chi connectivity index (χ0v) is 17.1. The molecule has 0 spiro atoms. The number of hydrogen-bond acceptors (Lipinski definition) is 5. The van der Waals surface area contributed by atoms with Gasteiger partial charge in [0.05, 0.1) is 17.4 Å². The summed E-state index contributed by atoms with van der Waals surface area (Å²) in [5, 5.41) is 3.08. The highest BCUT2D eigenvalue weighted by Crippen LogP contribution is 2.45. The molecule has 1 aromatic carbocycles. The summed E-state index contributed by atoms with van der Waals surface area (Å²) >= 11 is 0. The van der Waals surface area contributed by atoms with Crippen LogP contribution in [0.1, 0.15) is 73.2 Å². The lowest BCUT2D eigenvalue weighted by Gasteiger charge is -2.29. The van der Waals surface area contributed by atoms with Crippen molar-refractivity contribution in [2.24, 2.45) is 5.92 Å². The third-order valence-corrected chi connectivity index (χ3v) is 8.42. The smallest absolute Gasteiger partial charge is 0.267 e. The van der Waals surface area contributed by atoms with Crippen LogP contribution in [0.15, 0.2) is 12.1 Å². The first kappa shape index (κ1) is 19.3. The van der Waals surface area contributed by atoms with Gasteiger partial charge < -0.3 is 10.1 Å². The van der Waals surface area contributed by atoms with E-state index in [4.69, 9.17) is 4.74 Å². The summed E-state index contributed by atoms with van der Waals surface area (Å²) in [5.74, 6) is -0.426. The number of ether oxygens (including phenoxy) is 1. The molecular formula is C21H27FN2O4S. The molecule has 2 aliphatic heterocycles. The number of rotatable bonds is 7. The number of carbonyl (C=O) groups excluding carboxylic acids is 1. The van der Waals surface area contributed by atoms with E-state index in [0.717, 1.165) is 31.2 Å². The number of amides is 1. The van der Waals surface area contributed by atoms with Crippen LogP contribution in [-0.2, 0) is 10.0 Å². The van der Waals surface area contributed by atoms with E-state index >= 15 is 0 Å².